The molecule has 1 fully saturated rings. The van der Waals surface area contributed by atoms with E-state index in [9.17, 15) is 17.2 Å². The number of rotatable bonds is 3. The molecule has 118 valence electrons. The molecule has 0 amide bonds. The molecule has 0 spiro atoms. The Hall–Kier alpha value is -0.570. The molecule has 2 atom stereocenters. The summed E-state index contributed by atoms with van der Waals surface area (Å²) in [7, 11) is -2.06. The fraction of sp³-hybridized carbons (Fsp3) is 0.538. The van der Waals surface area contributed by atoms with Crippen molar-refractivity contribution >= 4 is 26.0 Å². The van der Waals surface area contributed by atoms with E-state index in [1.165, 1.54) is 0 Å². The van der Waals surface area contributed by atoms with E-state index in [-0.39, 0.29) is 16.6 Å². The molecule has 0 aliphatic carbocycles. The lowest BCUT2D eigenvalue weighted by atomic mass is 10.0. The van der Waals surface area contributed by atoms with Gasteiger partial charge in [-0.2, -0.15) is 0 Å². The van der Waals surface area contributed by atoms with Crippen molar-refractivity contribution in [2.75, 3.05) is 13.6 Å². The van der Waals surface area contributed by atoms with Gasteiger partial charge in [0.05, 0.1) is 0 Å². The minimum absolute atomic E-state index is 0.117. The summed E-state index contributed by atoms with van der Waals surface area (Å²) in [5.41, 5.74) is 0. The van der Waals surface area contributed by atoms with Gasteiger partial charge in [-0.15, -0.1) is 0 Å². The third kappa shape index (κ3) is 3.80. The van der Waals surface area contributed by atoms with Gasteiger partial charge in [-0.05, 0) is 55.4 Å². The minimum Gasteiger partial charge on any atom is -0.304 e. The Morgan fingerprint density at radius 2 is 2.05 bits per heavy atom. The molecule has 2 unspecified atom stereocenters. The third-order valence-corrected chi connectivity index (χ3v) is 6.25. The molecule has 0 bridgehead atoms. The molecule has 1 aromatic carbocycles. The number of likely N-dealkylation sites (tertiary alicyclic amines) is 1. The maximum atomic E-state index is 13.8. The van der Waals surface area contributed by atoms with Crippen LogP contribution in [-0.2, 0) is 10.0 Å². The summed E-state index contributed by atoms with van der Waals surface area (Å²) < 4.78 is 53.9. The average molecular weight is 383 g/mol. The van der Waals surface area contributed by atoms with Crippen molar-refractivity contribution in [1.82, 2.24) is 9.62 Å². The van der Waals surface area contributed by atoms with E-state index in [1.807, 2.05) is 14.0 Å². The molecule has 1 N–H and O–H groups in total. The van der Waals surface area contributed by atoms with Gasteiger partial charge in [0.1, 0.15) is 16.5 Å². The summed E-state index contributed by atoms with van der Waals surface area (Å²) >= 11 is 2.91. The van der Waals surface area contributed by atoms with Crippen LogP contribution in [0.4, 0.5) is 8.78 Å². The molecule has 0 radical (unpaired) electrons. The van der Waals surface area contributed by atoms with E-state index in [1.54, 1.807) is 0 Å². The number of nitrogens with zero attached hydrogens (tertiary/aromatic N) is 1. The van der Waals surface area contributed by atoms with Gasteiger partial charge >= 0.3 is 0 Å². The van der Waals surface area contributed by atoms with Crippen molar-refractivity contribution in [3.8, 4) is 0 Å². The van der Waals surface area contributed by atoms with Gasteiger partial charge in [-0.3, -0.25) is 0 Å². The normalized spacial score (nSPS) is 24.2. The van der Waals surface area contributed by atoms with Gasteiger partial charge in [0.25, 0.3) is 0 Å². The zero-order valence-corrected chi connectivity index (χ0v) is 14.1. The van der Waals surface area contributed by atoms with Gasteiger partial charge in [-0.1, -0.05) is 0 Å². The molecule has 0 saturated carbocycles. The summed E-state index contributed by atoms with van der Waals surface area (Å²) in [5.74, 6) is -1.93. The van der Waals surface area contributed by atoms with Crippen LogP contribution in [0.2, 0.25) is 0 Å². The topological polar surface area (TPSA) is 49.4 Å². The molecule has 1 aromatic rings. The standard InChI is InChI=1S/C13H17BrF2N2O2S/c1-8-5-10(3-4-18(8)2)17-21(19,20)13-11(14)6-9(15)7-12(13)16/h6-8,10,17H,3-5H2,1-2H3. The molecule has 21 heavy (non-hydrogen) atoms. The first-order valence-electron chi connectivity index (χ1n) is 6.58. The first-order chi connectivity index (χ1) is 9.70. The Kier molecular flexibility index (Phi) is 5.02. The van der Waals surface area contributed by atoms with Crippen LogP contribution < -0.4 is 4.72 Å². The monoisotopic (exact) mass is 382 g/mol. The third-order valence-electron chi connectivity index (χ3n) is 3.76. The van der Waals surface area contributed by atoms with Crippen LogP contribution in [-0.4, -0.2) is 39.0 Å². The predicted octanol–water partition coefficient (Wildman–Crippen LogP) is 2.49. The number of nitrogens with one attached hydrogen (secondary N) is 1. The molecule has 1 saturated heterocycles. The lowest BCUT2D eigenvalue weighted by Crippen LogP contribution is -2.47. The highest BCUT2D eigenvalue weighted by atomic mass is 79.9. The summed E-state index contributed by atoms with van der Waals surface area (Å²) in [4.78, 5) is 1.59. The van der Waals surface area contributed by atoms with E-state index in [2.05, 4.69) is 25.6 Å². The largest absolute Gasteiger partial charge is 0.304 e. The van der Waals surface area contributed by atoms with Crippen LogP contribution in [0.15, 0.2) is 21.5 Å². The lowest BCUT2D eigenvalue weighted by Gasteiger charge is -2.35. The van der Waals surface area contributed by atoms with Crippen molar-refractivity contribution in [2.24, 2.45) is 0 Å². The molecule has 1 aliphatic heterocycles. The Balaban J connectivity index is 2.24. The summed E-state index contributed by atoms with van der Waals surface area (Å²) in [5, 5.41) is 0. The van der Waals surface area contributed by atoms with Gasteiger partial charge in [-0.25, -0.2) is 21.9 Å². The molecule has 4 nitrogen and oxygen atoms in total. The Morgan fingerprint density at radius 1 is 1.38 bits per heavy atom. The lowest BCUT2D eigenvalue weighted by molar-refractivity contribution is 0.178. The maximum Gasteiger partial charge on any atom is 0.244 e. The molecule has 2 rings (SSSR count). The van der Waals surface area contributed by atoms with Gasteiger partial charge < -0.3 is 4.90 Å². The molecule has 1 heterocycles. The number of halogens is 3. The number of benzene rings is 1. The Bertz CT molecular complexity index is 616. The molecule has 1 aliphatic rings. The van der Waals surface area contributed by atoms with Crippen molar-refractivity contribution in [3.63, 3.8) is 0 Å². The van der Waals surface area contributed by atoms with Crippen LogP contribution in [0.5, 0.6) is 0 Å². The van der Waals surface area contributed by atoms with E-state index < -0.39 is 26.6 Å². The predicted molar refractivity (Wildman–Crippen MR) is 79.5 cm³/mol. The zero-order valence-electron chi connectivity index (χ0n) is 11.7. The quantitative estimate of drug-likeness (QED) is 0.873. The Morgan fingerprint density at radius 3 is 2.62 bits per heavy atom. The molecular weight excluding hydrogens is 366 g/mol. The first-order valence-corrected chi connectivity index (χ1v) is 8.85. The van der Waals surface area contributed by atoms with Gasteiger partial charge in [0, 0.05) is 22.6 Å². The Labute approximate surface area is 131 Å². The highest BCUT2D eigenvalue weighted by molar-refractivity contribution is 9.10. The minimum atomic E-state index is -4.04. The first kappa shape index (κ1) is 16.8. The summed E-state index contributed by atoms with van der Waals surface area (Å²) in [6.45, 7) is 2.77. The van der Waals surface area contributed by atoms with Crippen LogP contribution >= 0.6 is 15.9 Å². The van der Waals surface area contributed by atoms with Crippen molar-refractivity contribution < 1.29 is 17.2 Å². The molecule has 8 heteroatoms. The van der Waals surface area contributed by atoms with E-state index in [0.29, 0.717) is 18.9 Å². The molecule has 0 aromatic heterocycles. The fourth-order valence-electron chi connectivity index (χ4n) is 2.46. The van der Waals surface area contributed by atoms with Crippen LogP contribution in [0, 0.1) is 11.6 Å². The van der Waals surface area contributed by atoms with Gasteiger partial charge in [0.15, 0.2) is 0 Å². The average Bonchev–Trinajstić information content (AvgIpc) is 2.31. The van der Waals surface area contributed by atoms with Gasteiger partial charge in [0.2, 0.25) is 10.0 Å². The second-order valence-corrected chi connectivity index (χ2v) is 7.88. The second kappa shape index (κ2) is 6.28. The van der Waals surface area contributed by atoms with Crippen LogP contribution in [0.25, 0.3) is 0 Å². The fourth-order valence-corrected chi connectivity index (χ4v) is 4.91. The number of hydrogen-bond acceptors (Lipinski definition) is 3. The number of hydrogen-bond donors (Lipinski definition) is 1. The van der Waals surface area contributed by atoms with Crippen LogP contribution in [0.3, 0.4) is 0 Å². The van der Waals surface area contributed by atoms with E-state index in [4.69, 9.17) is 0 Å². The van der Waals surface area contributed by atoms with Crippen molar-refractivity contribution in [1.29, 1.82) is 0 Å². The highest BCUT2D eigenvalue weighted by Gasteiger charge is 2.30. The van der Waals surface area contributed by atoms with Crippen molar-refractivity contribution in [3.05, 3.63) is 28.2 Å². The summed E-state index contributed by atoms with van der Waals surface area (Å²) in [6.07, 6.45) is 1.30. The smallest absolute Gasteiger partial charge is 0.244 e. The SMILES string of the molecule is CC1CC(NS(=O)(=O)c2c(F)cc(F)cc2Br)CCN1C. The maximum absolute atomic E-state index is 13.8. The number of sulfonamides is 1. The van der Waals surface area contributed by atoms with Crippen molar-refractivity contribution in [2.45, 2.75) is 36.7 Å². The summed E-state index contributed by atoms with van der Waals surface area (Å²) in [6, 6.07) is 1.50. The molecular formula is C13H17BrF2N2O2S. The van der Waals surface area contributed by atoms with E-state index in [0.717, 1.165) is 12.6 Å². The number of piperidine rings is 1. The van der Waals surface area contributed by atoms with E-state index >= 15 is 0 Å². The van der Waals surface area contributed by atoms with Crippen LogP contribution in [0.1, 0.15) is 19.8 Å². The second-order valence-electron chi connectivity index (χ2n) is 5.37. The highest BCUT2D eigenvalue weighted by Crippen LogP contribution is 2.27. The zero-order chi connectivity index (χ0) is 15.8.